The number of nitrogens with zero attached hydrogens (tertiary/aromatic N) is 7. The number of aromatic nitrogens is 2. The van der Waals surface area contributed by atoms with Crippen molar-refractivity contribution in [3.8, 4) is 6.01 Å². The Labute approximate surface area is 290 Å². The predicted octanol–water partition coefficient (Wildman–Crippen LogP) is 3.80. The molecule has 48 heavy (non-hydrogen) atoms. The normalized spacial score (nSPS) is 21.9. The fourth-order valence-corrected chi connectivity index (χ4v) is 7.33. The molecule has 1 aromatic carbocycles. The highest BCUT2D eigenvalue weighted by atomic mass is 35.5. The van der Waals surface area contributed by atoms with Crippen LogP contribution in [0.25, 0.3) is 0 Å². The van der Waals surface area contributed by atoms with Gasteiger partial charge in [0.05, 0.1) is 42.8 Å². The molecule has 1 aliphatic carbocycles. The van der Waals surface area contributed by atoms with Crippen LogP contribution in [0.4, 0.5) is 5.82 Å². The number of aryl methyl sites for hydroxylation is 1. The van der Waals surface area contributed by atoms with Crippen LogP contribution in [0.1, 0.15) is 61.0 Å². The Morgan fingerprint density at radius 2 is 1.92 bits per heavy atom. The van der Waals surface area contributed by atoms with Crippen molar-refractivity contribution >= 4 is 29.0 Å². The first-order chi connectivity index (χ1) is 23.2. The Morgan fingerprint density at radius 1 is 1.15 bits per heavy atom. The molecule has 12 heteroatoms. The van der Waals surface area contributed by atoms with E-state index < -0.39 is 0 Å². The molecule has 3 aliphatic heterocycles. The number of carbonyl (C=O) groups is 1. The van der Waals surface area contributed by atoms with Gasteiger partial charge >= 0.3 is 6.01 Å². The van der Waals surface area contributed by atoms with Gasteiger partial charge in [0, 0.05) is 76.8 Å². The molecule has 4 heterocycles. The van der Waals surface area contributed by atoms with Crippen LogP contribution in [-0.2, 0) is 28.9 Å². The molecule has 1 unspecified atom stereocenters. The smallest absolute Gasteiger partial charge is 0.318 e. The molecule has 1 amide bonds. The number of nitrogens with two attached hydrogens (primary N) is 1. The van der Waals surface area contributed by atoms with E-state index in [-0.39, 0.29) is 28.1 Å². The Morgan fingerprint density at radius 3 is 2.65 bits per heavy atom. The van der Waals surface area contributed by atoms with Gasteiger partial charge in [0.25, 0.3) is 5.91 Å². The van der Waals surface area contributed by atoms with E-state index in [4.69, 9.17) is 41.8 Å². The average Bonchev–Trinajstić information content (AvgIpc) is 3.90. The first kappa shape index (κ1) is 34.6. The molecular formula is C36H51ClN8O3. The number of rotatable bonds is 11. The number of carbonyl (C=O) groups excluding carboxylic acids is 1. The fraction of sp³-hybridized carbons (Fsp3) is 0.611. The second-order valence-electron chi connectivity index (χ2n) is 14.0. The summed E-state index contributed by atoms with van der Waals surface area (Å²) in [6.07, 6.45) is 6.01. The van der Waals surface area contributed by atoms with Crippen LogP contribution in [0, 0.1) is 5.41 Å². The first-order valence-electron chi connectivity index (χ1n) is 17.4. The van der Waals surface area contributed by atoms with Crippen LogP contribution in [-0.4, -0.2) is 117 Å². The van der Waals surface area contributed by atoms with Gasteiger partial charge in [-0.1, -0.05) is 49.2 Å². The number of benzene rings is 1. The average molecular weight is 679 g/mol. The number of aliphatic imine (C=N–C) groups is 1. The lowest BCUT2D eigenvalue weighted by Gasteiger charge is -2.37. The van der Waals surface area contributed by atoms with E-state index in [1.807, 2.05) is 0 Å². The fourth-order valence-electron chi connectivity index (χ4n) is 7.13. The van der Waals surface area contributed by atoms with Crippen LogP contribution in [0.15, 0.2) is 40.0 Å². The third kappa shape index (κ3) is 7.80. The van der Waals surface area contributed by atoms with Gasteiger partial charge in [-0.3, -0.25) is 19.6 Å². The third-order valence-corrected chi connectivity index (χ3v) is 10.5. The van der Waals surface area contributed by atoms with Crippen LogP contribution in [0.3, 0.4) is 0 Å². The largest absolute Gasteiger partial charge is 0.463 e. The van der Waals surface area contributed by atoms with Crippen molar-refractivity contribution in [3.63, 3.8) is 0 Å². The maximum atomic E-state index is 12.7. The number of hydrogen-bond donors (Lipinski definition) is 1. The molecule has 2 aromatic rings. The second-order valence-corrected chi connectivity index (χ2v) is 14.4. The summed E-state index contributed by atoms with van der Waals surface area (Å²) in [6.45, 7) is 9.76. The summed E-state index contributed by atoms with van der Waals surface area (Å²) >= 11 is 6.76. The van der Waals surface area contributed by atoms with Crippen molar-refractivity contribution in [3.05, 3.63) is 57.4 Å². The molecule has 4 aliphatic rings. The van der Waals surface area contributed by atoms with Gasteiger partial charge < -0.3 is 25.0 Å². The number of fused-ring (bicyclic) bond motifs is 1. The lowest BCUT2D eigenvalue weighted by molar-refractivity contribution is -0.124. The van der Waals surface area contributed by atoms with Crippen molar-refractivity contribution in [2.24, 2.45) is 16.1 Å². The molecule has 2 fully saturated rings. The Bertz CT molecular complexity index is 1540. The maximum Gasteiger partial charge on any atom is 0.318 e. The minimum Gasteiger partial charge on any atom is -0.463 e. The summed E-state index contributed by atoms with van der Waals surface area (Å²) in [6, 6.07) is 9.43. The van der Waals surface area contributed by atoms with E-state index in [1.54, 1.807) is 14.1 Å². The van der Waals surface area contributed by atoms with Crippen LogP contribution in [0.5, 0.6) is 6.01 Å². The SMILES string of the molecule is CCCc1ccccc1C1Cc2nc(OCC3(CN4CCOCC4)CC3)nc(N3CCCN=C(/C(Cl)=C(\N)C(=O)N(C)C)C3)c2CN1C. The van der Waals surface area contributed by atoms with E-state index in [0.29, 0.717) is 38.0 Å². The van der Waals surface area contributed by atoms with Crippen molar-refractivity contribution < 1.29 is 14.3 Å². The number of likely N-dealkylation sites (N-methyl/N-ethyl adjacent to an activating group) is 2. The standard InChI is InChI=1S/C36H51ClN8O3/c1-5-9-25-10-6-7-11-26(25)30-20-28-27(21-43(30)4)33(45-15-8-14-39-29(22-45)31(37)32(38)34(46)42(2)3)41-35(40-28)48-24-36(12-13-36)23-44-16-18-47-19-17-44/h6-7,10-11,30H,5,8-9,12-24,38H2,1-4H3/b32-31+. The van der Waals surface area contributed by atoms with E-state index in [1.165, 1.54) is 16.0 Å². The van der Waals surface area contributed by atoms with Crippen molar-refractivity contribution in [1.29, 1.82) is 0 Å². The highest BCUT2D eigenvalue weighted by Gasteiger charge is 2.45. The van der Waals surface area contributed by atoms with Gasteiger partial charge in [-0.2, -0.15) is 9.97 Å². The monoisotopic (exact) mass is 678 g/mol. The Kier molecular flexibility index (Phi) is 10.9. The van der Waals surface area contributed by atoms with E-state index in [9.17, 15) is 4.79 Å². The van der Waals surface area contributed by atoms with Crippen molar-refractivity contribution in [2.75, 3.05) is 85.1 Å². The highest BCUT2D eigenvalue weighted by molar-refractivity contribution is 6.45. The number of halogens is 1. The number of morpholine rings is 1. The van der Waals surface area contributed by atoms with Gasteiger partial charge in [-0.05, 0) is 43.9 Å². The maximum absolute atomic E-state index is 12.7. The summed E-state index contributed by atoms with van der Waals surface area (Å²) in [5.41, 5.74) is 11.8. The molecule has 260 valence electrons. The minimum atomic E-state index is -0.337. The number of hydrogen-bond acceptors (Lipinski definition) is 10. The molecule has 1 saturated carbocycles. The van der Waals surface area contributed by atoms with E-state index >= 15 is 0 Å². The van der Waals surface area contributed by atoms with Crippen LogP contribution in [0.2, 0.25) is 0 Å². The second kappa shape index (κ2) is 15.1. The van der Waals surface area contributed by atoms with E-state index in [0.717, 1.165) is 95.0 Å². The molecule has 1 aromatic heterocycles. The molecule has 2 N–H and O–H groups in total. The Balaban J connectivity index is 1.32. The molecule has 0 radical (unpaired) electrons. The topological polar surface area (TPSA) is 113 Å². The number of anilines is 1. The van der Waals surface area contributed by atoms with Crippen LogP contribution >= 0.6 is 11.6 Å². The zero-order valence-electron chi connectivity index (χ0n) is 29.0. The summed E-state index contributed by atoms with van der Waals surface area (Å²) in [5, 5.41) is 0.198. The lowest BCUT2D eigenvalue weighted by Crippen LogP contribution is -2.41. The highest BCUT2D eigenvalue weighted by Crippen LogP contribution is 2.47. The molecule has 11 nitrogen and oxygen atoms in total. The molecule has 0 bridgehead atoms. The lowest BCUT2D eigenvalue weighted by atomic mass is 9.89. The molecular weight excluding hydrogens is 628 g/mol. The summed E-state index contributed by atoms with van der Waals surface area (Å²) in [4.78, 5) is 36.2. The third-order valence-electron chi connectivity index (χ3n) is 10.1. The van der Waals surface area contributed by atoms with Gasteiger partial charge in [-0.15, -0.1) is 0 Å². The van der Waals surface area contributed by atoms with Gasteiger partial charge in [-0.25, -0.2) is 0 Å². The summed E-state index contributed by atoms with van der Waals surface area (Å²) in [7, 11) is 5.51. The van der Waals surface area contributed by atoms with E-state index in [2.05, 4.69) is 52.9 Å². The number of ether oxygens (including phenoxy) is 2. The number of amides is 1. The van der Waals surface area contributed by atoms with Gasteiger partial charge in [0.15, 0.2) is 0 Å². The van der Waals surface area contributed by atoms with Gasteiger partial charge in [0.2, 0.25) is 0 Å². The van der Waals surface area contributed by atoms with Crippen LogP contribution < -0.4 is 15.4 Å². The molecule has 1 saturated heterocycles. The predicted molar refractivity (Wildman–Crippen MR) is 190 cm³/mol. The van der Waals surface area contributed by atoms with Gasteiger partial charge in [0.1, 0.15) is 11.5 Å². The zero-order chi connectivity index (χ0) is 33.8. The van der Waals surface area contributed by atoms with Crippen molar-refractivity contribution in [2.45, 2.75) is 58.0 Å². The minimum absolute atomic E-state index is 0.000625. The first-order valence-corrected chi connectivity index (χ1v) is 17.8. The molecule has 1 atom stereocenters. The van der Waals surface area contributed by atoms with Crippen molar-refractivity contribution in [1.82, 2.24) is 24.7 Å². The zero-order valence-corrected chi connectivity index (χ0v) is 29.8. The molecule has 6 rings (SSSR count). The Hall–Kier alpha value is -3.25. The summed E-state index contributed by atoms with van der Waals surface area (Å²) in [5.74, 6) is 0.507. The summed E-state index contributed by atoms with van der Waals surface area (Å²) < 4.78 is 12.1. The molecule has 0 spiro atoms. The quantitative estimate of drug-likeness (QED) is 0.355.